The van der Waals surface area contributed by atoms with E-state index in [4.69, 9.17) is 0 Å². The number of thioether (sulfide) groups is 1. The molecule has 0 bridgehead atoms. The third-order valence-corrected chi connectivity index (χ3v) is 4.10. The van der Waals surface area contributed by atoms with Gasteiger partial charge in [-0.15, -0.1) is 0 Å². The molecule has 0 amide bonds. The van der Waals surface area contributed by atoms with Gasteiger partial charge in [-0.3, -0.25) is 0 Å². The number of rotatable bonds is 9. The standard InChI is InChI=1S/C13H28S/c1-5-7-9-11-13(3,4)14-12-10-8-6-2/h5-12H2,1-4H3. The molecule has 0 fully saturated rings. The Morgan fingerprint density at radius 1 is 0.857 bits per heavy atom. The van der Waals surface area contributed by atoms with Gasteiger partial charge in [0.15, 0.2) is 0 Å². The second kappa shape index (κ2) is 8.64. The first-order valence-corrected chi connectivity index (χ1v) is 7.25. The minimum atomic E-state index is 0.517. The Balaban J connectivity index is 3.40. The van der Waals surface area contributed by atoms with E-state index < -0.39 is 0 Å². The van der Waals surface area contributed by atoms with E-state index >= 15 is 0 Å². The predicted octanol–water partition coefficient (Wildman–Crippen LogP) is 5.27. The average Bonchev–Trinajstić information content (AvgIpc) is 2.13. The summed E-state index contributed by atoms with van der Waals surface area (Å²) in [6, 6.07) is 0. The van der Waals surface area contributed by atoms with Crippen molar-refractivity contribution in [1.29, 1.82) is 0 Å². The zero-order valence-corrected chi connectivity index (χ0v) is 11.4. The van der Waals surface area contributed by atoms with Crippen LogP contribution in [-0.4, -0.2) is 10.5 Å². The summed E-state index contributed by atoms with van der Waals surface area (Å²) in [4.78, 5) is 0. The van der Waals surface area contributed by atoms with Gasteiger partial charge >= 0.3 is 0 Å². The monoisotopic (exact) mass is 216 g/mol. The molecule has 0 saturated heterocycles. The van der Waals surface area contributed by atoms with Crippen LogP contribution in [0.5, 0.6) is 0 Å². The summed E-state index contributed by atoms with van der Waals surface area (Å²) in [7, 11) is 0. The summed E-state index contributed by atoms with van der Waals surface area (Å²) in [5, 5.41) is 0. The molecule has 0 aliphatic carbocycles. The molecule has 0 aromatic rings. The topological polar surface area (TPSA) is 0 Å². The number of unbranched alkanes of at least 4 members (excludes halogenated alkanes) is 4. The first kappa shape index (κ1) is 14.3. The summed E-state index contributed by atoms with van der Waals surface area (Å²) >= 11 is 2.17. The molecule has 0 N–H and O–H groups in total. The molecule has 14 heavy (non-hydrogen) atoms. The normalized spacial score (nSPS) is 12.0. The molecule has 0 aliphatic rings. The molecule has 0 radical (unpaired) electrons. The lowest BCUT2D eigenvalue weighted by Gasteiger charge is -2.23. The van der Waals surface area contributed by atoms with Crippen LogP contribution >= 0.6 is 11.8 Å². The van der Waals surface area contributed by atoms with Gasteiger partial charge in [0.2, 0.25) is 0 Å². The number of hydrogen-bond donors (Lipinski definition) is 0. The molecule has 0 spiro atoms. The third-order valence-electron chi connectivity index (χ3n) is 2.62. The molecule has 0 aromatic carbocycles. The maximum absolute atomic E-state index is 2.40. The van der Waals surface area contributed by atoms with E-state index in [1.165, 1.54) is 50.7 Å². The highest BCUT2D eigenvalue weighted by atomic mass is 32.2. The molecule has 0 saturated carbocycles. The Morgan fingerprint density at radius 3 is 2.00 bits per heavy atom. The zero-order chi connectivity index (χ0) is 10.9. The zero-order valence-electron chi connectivity index (χ0n) is 10.6. The molecule has 0 unspecified atom stereocenters. The van der Waals surface area contributed by atoms with Gasteiger partial charge in [-0.2, -0.15) is 11.8 Å². The Bertz CT molecular complexity index is 118. The van der Waals surface area contributed by atoms with Crippen molar-refractivity contribution in [2.24, 2.45) is 0 Å². The lowest BCUT2D eigenvalue weighted by atomic mass is 10.0. The van der Waals surface area contributed by atoms with Crippen molar-refractivity contribution < 1.29 is 0 Å². The van der Waals surface area contributed by atoms with E-state index in [2.05, 4.69) is 39.5 Å². The van der Waals surface area contributed by atoms with Crippen molar-refractivity contribution in [1.82, 2.24) is 0 Å². The quantitative estimate of drug-likeness (QED) is 0.473. The van der Waals surface area contributed by atoms with E-state index in [0.717, 1.165) is 0 Å². The molecular weight excluding hydrogens is 188 g/mol. The van der Waals surface area contributed by atoms with Crippen molar-refractivity contribution in [3.05, 3.63) is 0 Å². The van der Waals surface area contributed by atoms with Crippen LogP contribution < -0.4 is 0 Å². The summed E-state index contributed by atoms with van der Waals surface area (Å²) in [5.41, 5.74) is 0. The maximum Gasteiger partial charge on any atom is 0.0103 e. The lowest BCUT2D eigenvalue weighted by molar-refractivity contribution is 0.572. The maximum atomic E-state index is 2.40. The predicted molar refractivity (Wildman–Crippen MR) is 70.2 cm³/mol. The molecule has 0 atom stereocenters. The second-order valence-corrected chi connectivity index (χ2v) is 6.57. The van der Waals surface area contributed by atoms with Crippen LogP contribution in [0.15, 0.2) is 0 Å². The summed E-state index contributed by atoms with van der Waals surface area (Å²) in [5.74, 6) is 1.35. The van der Waals surface area contributed by atoms with Gasteiger partial charge in [0.1, 0.15) is 0 Å². The molecule has 0 rings (SSSR count). The van der Waals surface area contributed by atoms with Crippen LogP contribution in [-0.2, 0) is 0 Å². The Kier molecular flexibility index (Phi) is 8.86. The second-order valence-electron chi connectivity index (χ2n) is 4.77. The van der Waals surface area contributed by atoms with Crippen LogP contribution in [0.1, 0.15) is 72.6 Å². The molecule has 0 aromatic heterocycles. The van der Waals surface area contributed by atoms with Crippen LogP contribution in [0.25, 0.3) is 0 Å². The van der Waals surface area contributed by atoms with Crippen LogP contribution in [0.2, 0.25) is 0 Å². The lowest BCUT2D eigenvalue weighted by Crippen LogP contribution is -2.15. The first-order valence-electron chi connectivity index (χ1n) is 6.26. The van der Waals surface area contributed by atoms with E-state index in [1.807, 2.05) is 0 Å². The molecule has 0 aliphatic heterocycles. The summed E-state index contributed by atoms with van der Waals surface area (Å²) in [6.07, 6.45) is 9.69. The van der Waals surface area contributed by atoms with Gasteiger partial charge in [-0.05, 0) is 18.6 Å². The van der Waals surface area contributed by atoms with Crippen molar-refractivity contribution in [3.63, 3.8) is 0 Å². The van der Waals surface area contributed by atoms with Gasteiger partial charge in [-0.25, -0.2) is 0 Å². The van der Waals surface area contributed by atoms with Crippen LogP contribution in [0, 0.1) is 0 Å². The third kappa shape index (κ3) is 8.93. The summed E-state index contributed by atoms with van der Waals surface area (Å²) < 4.78 is 0.517. The highest BCUT2D eigenvalue weighted by Crippen LogP contribution is 2.30. The Hall–Kier alpha value is 0.350. The highest BCUT2D eigenvalue weighted by Gasteiger charge is 2.16. The van der Waals surface area contributed by atoms with E-state index in [0.29, 0.717) is 4.75 Å². The van der Waals surface area contributed by atoms with Crippen molar-refractivity contribution >= 4 is 11.8 Å². The van der Waals surface area contributed by atoms with Crippen molar-refractivity contribution in [2.45, 2.75) is 77.4 Å². The smallest absolute Gasteiger partial charge is 0.0103 e. The van der Waals surface area contributed by atoms with Gasteiger partial charge in [-0.1, -0.05) is 59.8 Å². The fourth-order valence-corrected chi connectivity index (χ4v) is 2.76. The number of hydrogen-bond acceptors (Lipinski definition) is 1. The SMILES string of the molecule is CCCCCSC(C)(C)CCCCC. The minimum Gasteiger partial charge on any atom is -0.156 e. The Morgan fingerprint density at radius 2 is 1.43 bits per heavy atom. The minimum absolute atomic E-state index is 0.517. The van der Waals surface area contributed by atoms with Crippen molar-refractivity contribution in [3.8, 4) is 0 Å². The summed E-state index contributed by atoms with van der Waals surface area (Å²) in [6.45, 7) is 9.36. The van der Waals surface area contributed by atoms with Crippen LogP contribution in [0.4, 0.5) is 0 Å². The van der Waals surface area contributed by atoms with E-state index in [-0.39, 0.29) is 0 Å². The van der Waals surface area contributed by atoms with Crippen molar-refractivity contribution in [2.75, 3.05) is 5.75 Å². The molecular formula is C13H28S. The molecule has 86 valence electrons. The fourth-order valence-electron chi connectivity index (χ4n) is 1.57. The average molecular weight is 216 g/mol. The fraction of sp³-hybridized carbons (Fsp3) is 1.00. The Labute approximate surface area is 95.2 Å². The van der Waals surface area contributed by atoms with Gasteiger partial charge in [0, 0.05) is 4.75 Å². The first-order chi connectivity index (χ1) is 6.62. The molecule has 1 heteroatoms. The largest absolute Gasteiger partial charge is 0.156 e. The molecule has 0 heterocycles. The van der Waals surface area contributed by atoms with E-state index in [1.54, 1.807) is 0 Å². The molecule has 0 nitrogen and oxygen atoms in total. The van der Waals surface area contributed by atoms with Gasteiger partial charge < -0.3 is 0 Å². The van der Waals surface area contributed by atoms with Gasteiger partial charge in [0.05, 0.1) is 0 Å². The van der Waals surface area contributed by atoms with E-state index in [9.17, 15) is 0 Å². The highest BCUT2D eigenvalue weighted by molar-refractivity contribution is 8.00. The van der Waals surface area contributed by atoms with Gasteiger partial charge in [0.25, 0.3) is 0 Å². The van der Waals surface area contributed by atoms with Crippen LogP contribution in [0.3, 0.4) is 0 Å².